The minimum absolute atomic E-state index is 0.0469. The molecule has 4 heterocycles. The second kappa shape index (κ2) is 9.94. The van der Waals surface area contributed by atoms with Crippen LogP contribution >= 0.6 is 11.6 Å². The number of halogens is 2. The molecule has 0 bridgehead atoms. The van der Waals surface area contributed by atoms with Crippen LogP contribution in [-0.2, 0) is 11.3 Å². The highest BCUT2D eigenvalue weighted by molar-refractivity contribution is 6.33. The summed E-state index contributed by atoms with van der Waals surface area (Å²) >= 11 is 6.24. The molecule has 0 saturated carbocycles. The van der Waals surface area contributed by atoms with Crippen molar-refractivity contribution in [3.63, 3.8) is 0 Å². The lowest BCUT2D eigenvalue weighted by Gasteiger charge is -2.31. The van der Waals surface area contributed by atoms with Crippen LogP contribution in [-0.4, -0.2) is 62.1 Å². The minimum atomic E-state index is -0.416. The molecule has 5 rings (SSSR count). The number of fused-ring (bicyclic) bond motifs is 1. The number of amides is 2. The van der Waals surface area contributed by atoms with E-state index in [1.807, 2.05) is 0 Å². The average Bonchev–Trinajstić information content (AvgIpc) is 3.58. The number of H-pyrrole nitrogens is 2. The molecule has 1 aliphatic rings. The first-order chi connectivity index (χ1) is 17.4. The van der Waals surface area contributed by atoms with E-state index in [1.54, 1.807) is 23.1 Å². The maximum Gasteiger partial charge on any atom is 0.271 e. The van der Waals surface area contributed by atoms with Gasteiger partial charge in [-0.25, -0.2) is 14.4 Å². The zero-order valence-corrected chi connectivity index (χ0v) is 20.1. The Morgan fingerprint density at radius 3 is 2.83 bits per heavy atom. The summed E-state index contributed by atoms with van der Waals surface area (Å²) in [6.07, 6.45) is 3.96. The van der Waals surface area contributed by atoms with E-state index >= 15 is 0 Å². The Labute approximate surface area is 210 Å². The molecule has 1 aromatic carbocycles. The number of hydrogen-bond donors (Lipinski definition) is 3. The number of carbonyl (C=O) groups excluding carboxylic acids is 2. The summed E-state index contributed by atoms with van der Waals surface area (Å²) in [5.41, 5.74) is 2.97. The van der Waals surface area contributed by atoms with E-state index in [0.717, 1.165) is 0 Å². The lowest BCUT2D eigenvalue weighted by Crippen LogP contribution is -2.43. The molecular weight excluding hydrogens is 489 g/mol. The van der Waals surface area contributed by atoms with E-state index in [-0.39, 0.29) is 24.3 Å². The molecule has 186 valence electrons. The largest absolute Gasteiger partial charge is 0.481 e. The van der Waals surface area contributed by atoms with Crippen LogP contribution in [0.3, 0.4) is 0 Å². The van der Waals surface area contributed by atoms with Crippen LogP contribution in [0.5, 0.6) is 5.88 Å². The highest BCUT2D eigenvalue weighted by atomic mass is 35.5. The molecule has 10 nitrogen and oxygen atoms in total. The van der Waals surface area contributed by atoms with Gasteiger partial charge in [-0.15, -0.1) is 0 Å². The SMILES string of the molecule is COc1cc(-c2cc(C(=O)N3CCC(C(=O)NCc4c(F)ccc5[nH]cnc45)CC3)[nH]n2)c(Cl)cn1. The Morgan fingerprint density at radius 2 is 2.06 bits per heavy atom. The maximum atomic E-state index is 14.3. The zero-order valence-electron chi connectivity index (χ0n) is 19.3. The van der Waals surface area contributed by atoms with Crippen molar-refractivity contribution in [2.24, 2.45) is 5.92 Å². The van der Waals surface area contributed by atoms with Crippen LogP contribution in [0.4, 0.5) is 4.39 Å². The average molecular weight is 512 g/mol. The number of aromatic nitrogens is 5. The molecule has 0 atom stereocenters. The van der Waals surface area contributed by atoms with Crippen molar-refractivity contribution in [3.05, 3.63) is 58.9 Å². The lowest BCUT2D eigenvalue weighted by atomic mass is 9.95. The highest BCUT2D eigenvalue weighted by Gasteiger charge is 2.29. The number of pyridine rings is 1. The summed E-state index contributed by atoms with van der Waals surface area (Å²) in [6.45, 7) is 0.877. The number of hydrogen-bond acceptors (Lipinski definition) is 6. The van der Waals surface area contributed by atoms with Crippen LogP contribution in [0.15, 0.2) is 36.8 Å². The number of nitrogens with one attached hydrogen (secondary N) is 3. The Bertz CT molecular complexity index is 1430. The van der Waals surface area contributed by atoms with Gasteiger partial charge in [-0.2, -0.15) is 5.10 Å². The summed E-state index contributed by atoms with van der Waals surface area (Å²) in [5.74, 6) is -0.678. The van der Waals surface area contributed by atoms with E-state index in [4.69, 9.17) is 16.3 Å². The van der Waals surface area contributed by atoms with Gasteiger partial charge >= 0.3 is 0 Å². The Kier molecular flexibility index (Phi) is 6.55. The topological polar surface area (TPSA) is 129 Å². The first-order valence-electron chi connectivity index (χ1n) is 11.4. The van der Waals surface area contributed by atoms with Crippen molar-refractivity contribution in [2.45, 2.75) is 19.4 Å². The fourth-order valence-electron chi connectivity index (χ4n) is 4.34. The molecule has 4 aromatic rings. The van der Waals surface area contributed by atoms with E-state index < -0.39 is 5.82 Å². The van der Waals surface area contributed by atoms with Gasteiger partial charge in [0.05, 0.1) is 41.4 Å². The number of imidazole rings is 1. The summed E-state index contributed by atoms with van der Waals surface area (Å²) in [7, 11) is 1.50. The highest BCUT2D eigenvalue weighted by Crippen LogP contribution is 2.29. The monoisotopic (exact) mass is 511 g/mol. The van der Waals surface area contributed by atoms with Crippen LogP contribution in [0.1, 0.15) is 28.9 Å². The first kappa shape index (κ1) is 23.7. The number of benzene rings is 1. The minimum Gasteiger partial charge on any atom is -0.481 e. The molecule has 1 fully saturated rings. The third-order valence-electron chi connectivity index (χ3n) is 6.36. The van der Waals surface area contributed by atoms with Crippen molar-refractivity contribution >= 4 is 34.4 Å². The van der Waals surface area contributed by atoms with Crippen LogP contribution < -0.4 is 10.1 Å². The fourth-order valence-corrected chi connectivity index (χ4v) is 4.54. The number of carbonyl (C=O) groups is 2. The molecule has 2 amide bonds. The van der Waals surface area contributed by atoms with Gasteiger partial charge < -0.3 is 19.9 Å². The number of nitrogens with zero attached hydrogens (tertiary/aromatic N) is 4. The standard InChI is InChI=1S/C24H23ClFN7O3/c1-36-21-8-14(16(25)11-27-21)19-9-20(32-31-19)24(35)33-6-4-13(5-7-33)23(34)28-10-15-17(26)2-3-18-22(15)30-12-29-18/h2-3,8-9,11-13H,4-7,10H2,1H3,(H,28,34)(H,29,30)(H,31,32). The predicted octanol–water partition coefficient (Wildman–Crippen LogP) is 3.32. The summed E-state index contributed by atoms with van der Waals surface area (Å²) < 4.78 is 19.4. The second-order valence-electron chi connectivity index (χ2n) is 8.48. The van der Waals surface area contributed by atoms with Gasteiger partial charge in [0, 0.05) is 42.7 Å². The number of piperidine rings is 1. The second-order valence-corrected chi connectivity index (χ2v) is 8.89. The van der Waals surface area contributed by atoms with Gasteiger partial charge in [0.2, 0.25) is 11.8 Å². The van der Waals surface area contributed by atoms with E-state index in [2.05, 4.69) is 30.5 Å². The molecule has 0 radical (unpaired) electrons. The molecule has 1 saturated heterocycles. The van der Waals surface area contributed by atoms with Crippen molar-refractivity contribution in [3.8, 4) is 17.1 Å². The van der Waals surface area contributed by atoms with Gasteiger partial charge in [-0.1, -0.05) is 11.6 Å². The third-order valence-corrected chi connectivity index (χ3v) is 6.66. The molecule has 12 heteroatoms. The number of ether oxygens (including phenoxy) is 1. The lowest BCUT2D eigenvalue weighted by molar-refractivity contribution is -0.126. The Hall–Kier alpha value is -3.99. The number of aromatic amines is 2. The predicted molar refractivity (Wildman–Crippen MR) is 130 cm³/mol. The van der Waals surface area contributed by atoms with Gasteiger partial charge in [0.15, 0.2) is 0 Å². The number of likely N-dealkylation sites (tertiary alicyclic amines) is 1. The fraction of sp³-hybridized carbons (Fsp3) is 0.292. The van der Waals surface area contributed by atoms with Gasteiger partial charge in [0.1, 0.15) is 11.5 Å². The summed E-state index contributed by atoms with van der Waals surface area (Å²) in [4.78, 5) is 38.6. The normalized spacial score (nSPS) is 14.2. The third kappa shape index (κ3) is 4.61. The molecule has 3 aromatic heterocycles. The Balaban J connectivity index is 1.18. The molecule has 0 spiro atoms. The van der Waals surface area contributed by atoms with Crippen LogP contribution in [0, 0.1) is 11.7 Å². The number of rotatable bonds is 6. The van der Waals surface area contributed by atoms with Crippen molar-refractivity contribution in [1.82, 2.24) is 35.4 Å². The van der Waals surface area contributed by atoms with E-state index in [1.165, 1.54) is 25.7 Å². The van der Waals surface area contributed by atoms with Gasteiger partial charge in [0.25, 0.3) is 5.91 Å². The number of methoxy groups -OCH3 is 1. The molecule has 0 aliphatic carbocycles. The van der Waals surface area contributed by atoms with Gasteiger partial charge in [-0.3, -0.25) is 14.7 Å². The molecular formula is C24H23ClFN7O3. The molecule has 3 N–H and O–H groups in total. The van der Waals surface area contributed by atoms with Gasteiger partial charge in [-0.05, 0) is 31.0 Å². The van der Waals surface area contributed by atoms with E-state index in [0.29, 0.717) is 70.4 Å². The summed E-state index contributed by atoms with van der Waals surface area (Å²) in [5, 5.41) is 10.2. The summed E-state index contributed by atoms with van der Waals surface area (Å²) in [6, 6.07) is 6.24. The maximum absolute atomic E-state index is 14.3. The molecule has 1 aliphatic heterocycles. The molecule has 0 unspecified atom stereocenters. The van der Waals surface area contributed by atoms with Crippen LogP contribution in [0.2, 0.25) is 5.02 Å². The zero-order chi connectivity index (χ0) is 25.2. The molecule has 36 heavy (non-hydrogen) atoms. The van der Waals surface area contributed by atoms with Crippen molar-refractivity contribution in [1.29, 1.82) is 0 Å². The Morgan fingerprint density at radius 1 is 1.25 bits per heavy atom. The first-order valence-corrected chi connectivity index (χ1v) is 11.7. The smallest absolute Gasteiger partial charge is 0.271 e. The van der Waals surface area contributed by atoms with Crippen LogP contribution in [0.25, 0.3) is 22.3 Å². The van der Waals surface area contributed by atoms with Crippen molar-refractivity contribution in [2.75, 3.05) is 20.2 Å². The van der Waals surface area contributed by atoms with E-state index in [9.17, 15) is 14.0 Å². The quantitative estimate of drug-likeness (QED) is 0.364. The van der Waals surface area contributed by atoms with Crippen molar-refractivity contribution < 1.29 is 18.7 Å².